The number of aromatic nitrogens is 3. The molecular formula is C11H10F4N4. The number of anilines is 1. The molecule has 8 heteroatoms. The maximum Gasteiger partial charge on any atom is 0.416 e. The molecule has 1 unspecified atom stereocenters. The maximum atomic E-state index is 13.6. The van der Waals surface area contributed by atoms with E-state index < -0.39 is 23.6 Å². The van der Waals surface area contributed by atoms with Crippen molar-refractivity contribution in [3.8, 4) is 0 Å². The van der Waals surface area contributed by atoms with Gasteiger partial charge < -0.3 is 5.32 Å². The summed E-state index contributed by atoms with van der Waals surface area (Å²) in [6.07, 6.45) is -3.27. The summed E-state index contributed by atoms with van der Waals surface area (Å²) in [5.74, 6) is -0.513. The quantitative estimate of drug-likeness (QED) is 0.845. The molecule has 2 rings (SSSR count). The van der Waals surface area contributed by atoms with E-state index in [9.17, 15) is 17.6 Å². The second-order valence-corrected chi connectivity index (χ2v) is 3.93. The molecular weight excluding hydrogens is 264 g/mol. The van der Waals surface area contributed by atoms with Gasteiger partial charge in [0.1, 0.15) is 18.0 Å². The molecule has 0 bridgehead atoms. The zero-order valence-corrected chi connectivity index (χ0v) is 9.79. The number of nitrogens with one attached hydrogen (secondary N) is 2. The van der Waals surface area contributed by atoms with E-state index in [1.165, 1.54) is 6.33 Å². The highest BCUT2D eigenvalue weighted by molar-refractivity contribution is 5.47. The van der Waals surface area contributed by atoms with Gasteiger partial charge in [0, 0.05) is 0 Å². The first kappa shape index (κ1) is 13.3. The van der Waals surface area contributed by atoms with Gasteiger partial charge in [-0.25, -0.2) is 9.37 Å². The number of aromatic amines is 1. The highest BCUT2D eigenvalue weighted by Gasteiger charge is 2.31. The number of rotatable bonds is 3. The molecule has 0 saturated carbocycles. The molecule has 1 heterocycles. The van der Waals surface area contributed by atoms with Gasteiger partial charge in [-0.2, -0.15) is 18.3 Å². The molecule has 0 radical (unpaired) electrons. The first-order chi connectivity index (χ1) is 8.88. The summed E-state index contributed by atoms with van der Waals surface area (Å²) in [7, 11) is 0. The van der Waals surface area contributed by atoms with Crippen molar-refractivity contribution < 1.29 is 17.6 Å². The Balaban J connectivity index is 2.18. The average Bonchev–Trinajstić information content (AvgIpc) is 2.84. The molecule has 1 aromatic heterocycles. The molecule has 0 saturated heterocycles. The Kier molecular flexibility index (Phi) is 3.41. The molecule has 0 spiro atoms. The zero-order valence-electron chi connectivity index (χ0n) is 9.79. The van der Waals surface area contributed by atoms with Crippen LogP contribution < -0.4 is 5.32 Å². The van der Waals surface area contributed by atoms with E-state index in [0.29, 0.717) is 11.9 Å². The predicted molar refractivity (Wildman–Crippen MR) is 59.8 cm³/mol. The minimum Gasteiger partial charge on any atom is -0.373 e. The fraction of sp³-hybridized carbons (Fsp3) is 0.273. The predicted octanol–water partition coefficient (Wildman–Crippen LogP) is 3.14. The van der Waals surface area contributed by atoms with Crippen molar-refractivity contribution in [3.63, 3.8) is 0 Å². The van der Waals surface area contributed by atoms with Gasteiger partial charge in [-0.15, -0.1) is 0 Å². The van der Waals surface area contributed by atoms with E-state index in [1.807, 2.05) is 0 Å². The lowest BCUT2D eigenvalue weighted by Gasteiger charge is -2.14. The van der Waals surface area contributed by atoms with Crippen molar-refractivity contribution in [2.45, 2.75) is 19.1 Å². The van der Waals surface area contributed by atoms with Crippen LogP contribution in [0.25, 0.3) is 0 Å². The molecule has 0 fully saturated rings. The molecule has 102 valence electrons. The van der Waals surface area contributed by atoms with Gasteiger partial charge in [-0.3, -0.25) is 5.10 Å². The van der Waals surface area contributed by atoms with Crippen LogP contribution in [0.5, 0.6) is 0 Å². The van der Waals surface area contributed by atoms with Crippen LogP contribution in [0, 0.1) is 5.82 Å². The van der Waals surface area contributed by atoms with Crippen LogP contribution in [-0.4, -0.2) is 15.2 Å². The van der Waals surface area contributed by atoms with E-state index in [4.69, 9.17) is 0 Å². The summed E-state index contributed by atoms with van der Waals surface area (Å²) in [5.41, 5.74) is -1.06. The van der Waals surface area contributed by atoms with Crippen LogP contribution in [0.2, 0.25) is 0 Å². The van der Waals surface area contributed by atoms with Crippen molar-refractivity contribution >= 4 is 5.69 Å². The average molecular weight is 274 g/mol. The van der Waals surface area contributed by atoms with Crippen molar-refractivity contribution in [1.82, 2.24) is 15.2 Å². The molecule has 0 amide bonds. The van der Waals surface area contributed by atoms with Crippen LogP contribution in [0.3, 0.4) is 0 Å². The molecule has 4 nitrogen and oxygen atoms in total. The monoisotopic (exact) mass is 274 g/mol. The molecule has 0 aliphatic rings. The lowest BCUT2D eigenvalue weighted by Crippen LogP contribution is -2.11. The molecule has 2 N–H and O–H groups in total. The van der Waals surface area contributed by atoms with E-state index >= 15 is 0 Å². The lowest BCUT2D eigenvalue weighted by molar-refractivity contribution is -0.137. The number of hydrogen-bond acceptors (Lipinski definition) is 3. The highest BCUT2D eigenvalue weighted by Crippen LogP contribution is 2.31. The molecule has 19 heavy (non-hydrogen) atoms. The second kappa shape index (κ2) is 4.87. The number of nitrogens with zero attached hydrogens (tertiary/aromatic N) is 2. The number of alkyl halides is 3. The van der Waals surface area contributed by atoms with Gasteiger partial charge in [0.05, 0.1) is 17.3 Å². The molecule has 1 atom stereocenters. The fourth-order valence-corrected chi connectivity index (χ4v) is 1.53. The third kappa shape index (κ3) is 3.01. The first-order valence-corrected chi connectivity index (χ1v) is 5.36. The highest BCUT2D eigenvalue weighted by atomic mass is 19.4. The minimum atomic E-state index is -4.56. The molecule has 0 aliphatic heterocycles. The summed E-state index contributed by atoms with van der Waals surface area (Å²) in [6.45, 7) is 1.68. The summed E-state index contributed by atoms with van der Waals surface area (Å²) < 4.78 is 50.7. The number of H-pyrrole nitrogens is 1. The third-order valence-corrected chi connectivity index (χ3v) is 2.51. The maximum absolute atomic E-state index is 13.6. The Morgan fingerprint density at radius 3 is 2.58 bits per heavy atom. The summed E-state index contributed by atoms with van der Waals surface area (Å²) in [4.78, 5) is 3.87. The normalized spacial score (nSPS) is 13.3. The van der Waals surface area contributed by atoms with Crippen LogP contribution in [0.15, 0.2) is 24.5 Å². The third-order valence-electron chi connectivity index (χ3n) is 2.51. The Bertz CT molecular complexity index is 550. The van der Waals surface area contributed by atoms with Crippen LogP contribution >= 0.6 is 0 Å². The number of hydrogen-bond donors (Lipinski definition) is 2. The van der Waals surface area contributed by atoms with Gasteiger partial charge in [-0.1, -0.05) is 0 Å². The van der Waals surface area contributed by atoms with Crippen molar-refractivity contribution in [2.75, 3.05) is 5.32 Å². The Morgan fingerprint density at radius 2 is 2.05 bits per heavy atom. The smallest absolute Gasteiger partial charge is 0.373 e. The van der Waals surface area contributed by atoms with Gasteiger partial charge in [0.25, 0.3) is 0 Å². The summed E-state index contributed by atoms with van der Waals surface area (Å²) in [6, 6.07) is 1.91. The largest absolute Gasteiger partial charge is 0.416 e. The van der Waals surface area contributed by atoms with Crippen LogP contribution in [-0.2, 0) is 6.18 Å². The Labute approximate surface area is 105 Å². The van der Waals surface area contributed by atoms with E-state index in [-0.39, 0.29) is 5.69 Å². The number of halogens is 4. The van der Waals surface area contributed by atoms with Gasteiger partial charge in [0.2, 0.25) is 0 Å². The van der Waals surface area contributed by atoms with Gasteiger partial charge >= 0.3 is 6.18 Å². The minimum absolute atomic E-state index is 0.0306. The SMILES string of the molecule is CC(Nc1ccc(C(F)(F)F)cc1F)c1ncn[nH]1. The van der Waals surface area contributed by atoms with E-state index in [1.54, 1.807) is 6.92 Å². The fourth-order valence-electron chi connectivity index (χ4n) is 1.53. The van der Waals surface area contributed by atoms with Gasteiger partial charge in [0.15, 0.2) is 0 Å². The zero-order chi connectivity index (χ0) is 14.0. The number of benzene rings is 1. The lowest BCUT2D eigenvalue weighted by atomic mass is 10.1. The summed E-state index contributed by atoms with van der Waals surface area (Å²) >= 11 is 0. The topological polar surface area (TPSA) is 53.6 Å². The summed E-state index contributed by atoms with van der Waals surface area (Å²) in [5, 5.41) is 8.94. The van der Waals surface area contributed by atoms with E-state index in [0.717, 1.165) is 12.1 Å². The molecule has 2 aromatic rings. The van der Waals surface area contributed by atoms with Gasteiger partial charge in [-0.05, 0) is 25.1 Å². The van der Waals surface area contributed by atoms with Crippen molar-refractivity contribution in [1.29, 1.82) is 0 Å². The van der Waals surface area contributed by atoms with Crippen LogP contribution in [0.1, 0.15) is 24.4 Å². The van der Waals surface area contributed by atoms with Crippen LogP contribution in [0.4, 0.5) is 23.2 Å². The van der Waals surface area contributed by atoms with E-state index in [2.05, 4.69) is 20.5 Å². The standard InChI is InChI=1S/C11H10F4N4/c1-6(10-16-5-17-19-10)18-9-3-2-7(4-8(9)12)11(13,14)15/h2-6,18H,1H3,(H,16,17,19). The molecule has 0 aliphatic carbocycles. The Morgan fingerprint density at radius 1 is 1.32 bits per heavy atom. The first-order valence-electron chi connectivity index (χ1n) is 5.36. The van der Waals surface area contributed by atoms with Crippen molar-refractivity contribution in [2.24, 2.45) is 0 Å². The molecule has 1 aromatic carbocycles. The second-order valence-electron chi connectivity index (χ2n) is 3.93. The van der Waals surface area contributed by atoms with Crippen molar-refractivity contribution in [3.05, 3.63) is 41.7 Å². The Hall–Kier alpha value is -2.12.